The fraction of sp³-hybridized carbons (Fsp3) is 0.273. The average Bonchev–Trinajstić information content (AvgIpc) is 2.83. The van der Waals surface area contributed by atoms with Gasteiger partial charge in [-0.2, -0.15) is 13.2 Å². The summed E-state index contributed by atoms with van der Waals surface area (Å²) in [6.45, 7) is 4.05. The number of fused-ring (bicyclic) bond motifs is 2. The number of hydrogen-bond acceptors (Lipinski definition) is 10. The minimum absolute atomic E-state index is 0.138. The van der Waals surface area contributed by atoms with Gasteiger partial charge in [0.1, 0.15) is 22.6 Å². The first-order valence-electron chi connectivity index (χ1n) is 11.2. The number of nitro benzene ring substituents is 1. The molecule has 2 aromatic heterocycles. The molecular formula is C22H21F3N6O7S. The smallest absolute Gasteiger partial charge is 0.471 e. The van der Waals surface area contributed by atoms with Crippen LogP contribution in [-0.2, 0) is 11.3 Å². The van der Waals surface area contributed by atoms with Gasteiger partial charge in [-0.3, -0.25) is 33.4 Å². The van der Waals surface area contributed by atoms with Gasteiger partial charge in [-0.05, 0) is 36.6 Å². The minimum Gasteiger partial charge on any atom is -0.506 e. The number of aryl methyl sites for hydroxylation is 1. The van der Waals surface area contributed by atoms with Crippen LogP contribution in [0.5, 0.6) is 5.75 Å². The molecule has 13 nitrogen and oxygen atoms in total. The summed E-state index contributed by atoms with van der Waals surface area (Å²) in [5.41, 5.74) is -3.72. The van der Waals surface area contributed by atoms with Crippen LogP contribution in [0, 0.1) is 16.0 Å². The van der Waals surface area contributed by atoms with E-state index in [0.717, 1.165) is 12.1 Å². The third kappa shape index (κ3) is 5.10. The van der Waals surface area contributed by atoms with E-state index < -0.39 is 72.4 Å². The maximum absolute atomic E-state index is 13.5. The Morgan fingerprint density at radius 1 is 1.28 bits per heavy atom. The third-order valence-corrected chi connectivity index (χ3v) is 7.12. The lowest BCUT2D eigenvalue weighted by molar-refractivity contribution is -0.386. The second-order valence-corrected chi connectivity index (χ2v) is 10.5. The zero-order chi connectivity index (χ0) is 28.9. The van der Waals surface area contributed by atoms with Gasteiger partial charge in [0, 0.05) is 12.7 Å². The largest absolute Gasteiger partial charge is 0.506 e. The second kappa shape index (κ2) is 9.83. The summed E-state index contributed by atoms with van der Waals surface area (Å²) in [5.74, 6) is -3.48. The van der Waals surface area contributed by atoms with E-state index in [0.29, 0.717) is 6.42 Å². The van der Waals surface area contributed by atoms with E-state index in [1.807, 2.05) is 13.8 Å². The molecule has 17 heteroatoms. The number of carbonyl (C=O) groups excluding carboxylic acids is 1. The molecule has 0 saturated heterocycles. The van der Waals surface area contributed by atoms with Crippen LogP contribution in [0.2, 0.25) is 0 Å². The number of alkyl halides is 3. The molecule has 0 fully saturated rings. The molecule has 5 N–H and O–H groups in total. The van der Waals surface area contributed by atoms with E-state index in [1.54, 1.807) is 0 Å². The van der Waals surface area contributed by atoms with Crippen molar-refractivity contribution in [3.05, 3.63) is 56.5 Å². The molecule has 1 aliphatic rings. The molecule has 0 spiro atoms. The minimum atomic E-state index is -5.38. The number of amidine groups is 1. The van der Waals surface area contributed by atoms with E-state index in [2.05, 4.69) is 14.7 Å². The van der Waals surface area contributed by atoms with Crippen molar-refractivity contribution >= 4 is 50.6 Å². The van der Waals surface area contributed by atoms with E-state index >= 15 is 0 Å². The van der Waals surface area contributed by atoms with Gasteiger partial charge in [0.25, 0.3) is 5.56 Å². The van der Waals surface area contributed by atoms with Gasteiger partial charge in [-0.1, -0.05) is 24.6 Å². The van der Waals surface area contributed by atoms with E-state index in [9.17, 15) is 47.1 Å². The number of nitro groups is 1. The van der Waals surface area contributed by atoms with Gasteiger partial charge in [0.05, 0.1) is 16.0 Å². The van der Waals surface area contributed by atoms with Crippen LogP contribution >= 0.6 is 10.8 Å². The monoisotopic (exact) mass is 570 g/mol. The second-order valence-electron chi connectivity index (χ2n) is 8.87. The molecule has 4 rings (SSSR count). The topological polar surface area (TPSA) is 192 Å². The molecule has 39 heavy (non-hydrogen) atoms. The Morgan fingerprint density at radius 3 is 2.59 bits per heavy atom. The summed E-state index contributed by atoms with van der Waals surface area (Å²) < 4.78 is 64.8. The maximum Gasteiger partial charge on any atom is 0.471 e. The summed E-state index contributed by atoms with van der Waals surface area (Å²) in [6, 6.07) is 4.66. The van der Waals surface area contributed by atoms with E-state index in [1.165, 1.54) is 28.2 Å². The quantitative estimate of drug-likeness (QED) is 0.210. The van der Waals surface area contributed by atoms with Crippen molar-refractivity contribution in [2.24, 2.45) is 10.3 Å². The molecule has 0 atom stereocenters. The zero-order valence-electron chi connectivity index (χ0n) is 20.2. The predicted octanol–water partition coefficient (Wildman–Crippen LogP) is 4.45. The molecule has 208 valence electrons. The molecule has 3 heterocycles. The van der Waals surface area contributed by atoms with Crippen molar-refractivity contribution in [3.63, 3.8) is 0 Å². The van der Waals surface area contributed by atoms with Crippen molar-refractivity contribution in [2.75, 3.05) is 10.6 Å². The van der Waals surface area contributed by atoms with Gasteiger partial charge in [0.2, 0.25) is 0 Å². The molecule has 1 amide bonds. The summed E-state index contributed by atoms with van der Waals surface area (Å²) in [7, 11) is -4.56. The maximum atomic E-state index is 13.5. The van der Waals surface area contributed by atoms with Crippen LogP contribution in [-0.4, -0.2) is 46.6 Å². The summed E-state index contributed by atoms with van der Waals surface area (Å²) in [5, 5.41) is 26.8. The van der Waals surface area contributed by atoms with Crippen LogP contribution in [0.1, 0.15) is 25.8 Å². The number of nitrogens with zero attached hydrogens (tertiary/aromatic N) is 4. The number of aromatic hydroxyl groups is 1. The van der Waals surface area contributed by atoms with Crippen molar-refractivity contribution in [1.82, 2.24) is 9.55 Å². The molecule has 0 aliphatic carbocycles. The van der Waals surface area contributed by atoms with Gasteiger partial charge < -0.3 is 15.7 Å². The van der Waals surface area contributed by atoms with E-state index in [-0.39, 0.29) is 23.5 Å². The first-order chi connectivity index (χ1) is 18.1. The first-order valence-corrected chi connectivity index (χ1v) is 12.7. The predicted molar refractivity (Wildman–Crippen MR) is 136 cm³/mol. The molecule has 0 saturated carbocycles. The molecule has 3 aromatic rings. The van der Waals surface area contributed by atoms with Gasteiger partial charge >= 0.3 is 17.8 Å². The summed E-state index contributed by atoms with van der Waals surface area (Å²) in [4.78, 5) is 38.7. The number of benzene rings is 1. The molecule has 1 aliphatic heterocycles. The van der Waals surface area contributed by atoms with Gasteiger partial charge in [0.15, 0.2) is 10.7 Å². The number of aromatic nitrogens is 2. The normalized spacial score (nSPS) is 15.3. The highest BCUT2D eigenvalue weighted by atomic mass is 32.3. The summed E-state index contributed by atoms with van der Waals surface area (Å²) in [6.07, 6.45) is -3.41. The Hall–Kier alpha value is -4.22. The number of halogens is 3. The van der Waals surface area contributed by atoms with Crippen molar-refractivity contribution in [3.8, 4) is 5.75 Å². The number of carbonyl (C=O) groups is 1. The Balaban J connectivity index is 1.91. The summed E-state index contributed by atoms with van der Waals surface area (Å²) >= 11 is 0. The van der Waals surface area contributed by atoms with Crippen LogP contribution in [0.25, 0.3) is 11.0 Å². The van der Waals surface area contributed by atoms with Crippen molar-refractivity contribution in [1.29, 1.82) is 0 Å². The Bertz CT molecular complexity index is 1600. The van der Waals surface area contributed by atoms with E-state index in [4.69, 9.17) is 0 Å². The van der Waals surface area contributed by atoms with Crippen LogP contribution in [0.4, 0.5) is 30.2 Å². The number of anilines is 2. The molecule has 0 radical (unpaired) electrons. The van der Waals surface area contributed by atoms with Crippen LogP contribution < -0.4 is 16.2 Å². The van der Waals surface area contributed by atoms with Crippen LogP contribution in [0.15, 0.2) is 44.6 Å². The molecule has 0 bridgehead atoms. The SMILES string of the molecule is CC(C)CCn1c(=O)c(C2=NS(O)(O)c3c(ccc(NC(=O)C(F)(F)F)c3[N+](=O)[O-])N2)c(O)c2cccnc21. The van der Waals surface area contributed by atoms with Crippen LogP contribution in [0.3, 0.4) is 0 Å². The van der Waals surface area contributed by atoms with Crippen molar-refractivity contribution < 1.29 is 37.1 Å². The standard InChI is InChI=1S/C22H21F3N6O7S/c1-10(2)7-9-30-19-11(4-3-8-26-19)16(32)14(20(30)33)18-27-13-6-5-12(28-21(34)22(23,24)25)15(31(35)36)17(13)39(37,38)29-18/h3-6,8,10,32,37-38H,7,9H2,1-2H3,(H,27,29)(H,28,34). The number of nitrogens with one attached hydrogen (secondary N) is 2. The number of amides is 1. The van der Waals surface area contributed by atoms with Gasteiger partial charge in [-0.25, -0.2) is 4.98 Å². The number of rotatable bonds is 6. The fourth-order valence-corrected chi connectivity index (χ4v) is 5.27. The molecule has 0 unspecified atom stereocenters. The lowest BCUT2D eigenvalue weighted by Crippen LogP contribution is -2.33. The zero-order valence-corrected chi connectivity index (χ0v) is 21.0. The number of hydrogen-bond donors (Lipinski definition) is 5. The fourth-order valence-electron chi connectivity index (χ4n) is 3.93. The lowest BCUT2D eigenvalue weighted by atomic mass is 10.1. The number of pyridine rings is 2. The Kier molecular flexibility index (Phi) is 7.01. The average molecular weight is 571 g/mol. The highest BCUT2D eigenvalue weighted by Gasteiger charge is 2.42. The molecule has 1 aromatic carbocycles. The van der Waals surface area contributed by atoms with Crippen molar-refractivity contribution in [2.45, 2.75) is 37.9 Å². The third-order valence-electron chi connectivity index (χ3n) is 5.73. The van der Waals surface area contributed by atoms with Gasteiger partial charge in [-0.15, -0.1) is 4.40 Å². The lowest BCUT2D eigenvalue weighted by Gasteiger charge is -2.34. The Labute approximate surface area is 218 Å². The highest BCUT2D eigenvalue weighted by Crippen LogP contribution is 2.60. The Morgan fingerprint density at radius 2 is 1.97 bits per heavy atom. The molecular weight excluding hydrogens is 549 g/mol. The first kappa shape index (κ1) is 27.8. The highest BCUT2D eigenvalue weighted by molar-refractivity contribution is 8.23.